The van der Waals surface area contributed by atoms with Crippen molar-refractivity contribution >= 4 is 32.9 Å². The lowest BCUT2D eigenvalue weighted by Crippen LogP contribution is -1.95. The Kier molecular flexibility index (Phi) is 1.99. The highest BCUT2D eigenvalue weighted by atomic mass is 79.9. The molecule has 0 saturated carbocycles. The summed E-state index contributed by atoms with van der Waals surface area (Å²) in [5, 5.41) is 8.74. The molecule has 0 aromatic carbocycles. The second-order valence-corrected chi connectivity index (χ2v) is 3.47. The van der Waals surface area contributed by atoms with Gasteiger partial charge in [0.15, 0.2) is 0 Å². The fraction of sp³-hybridized carbons (Fsp3) is 0. The number of hydrogen-bond donors (Lipinski definition) is 2. The van der Waals surface area contributed by atoms with Crippen LogP contribution in [0.4, 0.5) is 4.39 Å². The zero-order chi connectivity index (χ0) is 10.3. The molecule has 0 aliphatic heterocycles. The summed E-state index contributed by atoms with van der Waals surface area (Å²) in [7, 11) is 0. The van der Waals surface area contributed by atoms with Crippen molar-refractivity contribution in [3.8, 4) is 0 Å². The van der Waals surface area contributed by atoms with Crippen molar-refractivity contribution in [2.45, 2.75) is 0 Å². The predicted octanol–water partition coefficient (Wildman–Crippen LogP) is 2.16. The quantitative estimate of drug-likeness (QED) is 0.771. The first kappa shape index (κ1) is 9.14. The summed E-state index contributed by atoms with van der Waals surface area (Å²) < 4.78 is 13.7. The Bertz CT molecular complexity index is 523. The first-order valence-corrected chi connectivity index (χ1v) is 4.45. The van der Waals surface area contributed by atoms with Crippen molar-refractivity contribution < 1.29 is 14.3 Å². The highest BCUT2D eigenvalue weighted by Gasteiger charge is 2.15. The van der Waals surface area contributed by atoms with Gasteiger partial charge in [0.2, 0.25) is 0 Å². The van der Waals surface area contributed by atoms with Gasteiger partial charge < -0.3 is 10.1 Å². The van der Waals surface area contributed by atoms with E-state index < -0.39 is 11.8 Å². The molecule has 0 bridgehead atoms. The van der Waals surface area contributed by atoms with Crippen LogP contribution < -0.4 is 0 Å². The number of carbonyl (C=O) groups is 1. The fourth-order valence-corrected chi connectivity index (χ4v) is 1.61. The van der Waals surface area contributed by atoms with Crippen molar-refractivity contribution in [3.05, 3.63) is 28.2 Å². The Morgan fingerprint density at radius 3 is 3.00 bits per heavy atom. The third-order valence-corrected chi connectivity index (χ3v) is 2.20. The van der Waals surface area contributed by atoms with E-state index in [1.807, 2.05) is 0 Å². The molecule has 0 saturated heterocycles. The molecular weight excluding hydrogens is 255 g/mol. The largest absolute Gasteiger partial charge is 0.478 e. The lowest BCUT2D eigenvalue weighted by molar-refractivity contribution is 0.0699. The number of H-pyrrole nitrogens is 1. The van der Waals surface area contributed by atoms with Gasteiger partial charge >= 0.3 is 5.97 Å². The van der Waals surface area contributed by atoms with E-state index >= 15 is 0 Å². The van der Waals surface area contributed by atoms with Crippen molar-refractivity contribution in [3.63, 3.8) is 0 Å². The standard InChI is InChI=1S/C8H4BrFN2O2/c9-5-1-4(10)6-3(8(13)14)2-11-7(6)12-5/h1-2H,(H,11,12)(H,13,14). The third-order valence-electron chi connectivity index (χ3n) is 1.79. The molecule has 0 aliphatic carbocycles. The zero-order valence-corrected chi connectivity index (χ0v) is 8.30. The number of rotatable bonds is 1. The molecule has 0 amide bonds. The molecule has 2 N–H and O–H groups in total. The van der Waals surface area contributed by atoms with Crippen molar-refractivity contribution in [2.24, 2.45) is 0 Å². The van der Waals surface area contributed by atoms with Gasteiger partial charge in [-0.25, -0.2) is 14.2 Å². The predicted molar refractivity (Wildman–Crippen MR) is 50.7 cm³/mol. The number of carboxylic acid groups (broad SMARTS) is 1. The average molecular weight is 259 g/mol. The normalized spacial score (nSPS) is 10.7. The highest BCUT2D eigenvalue weighted by molar-refractivity contribution is 9.10. The number of aromatic amines is 1. The summed E-state index contributed by atoms with van der Waals surface area (Å²) in [6, 6.07) is 1.13. The number of aromatic carboxylic acids is 1. The Morgan fingerprint density at radius 1 is 1.64 bits per heavy atom. The van der Waals surface area contributed by atoms with Crippen LogP contribution in [0.25, 0.3) is 11.0 Å². The summed E-state index contributed by atoms with van der Waals surface area (Å²) in [6.45, 7) is 0. The van der Waals surface area contributed by atoms with E-state index in [0.29, 0.717) is 4.60 Å². The minimum Gasteiger partial charge on any atom is -0.478 e. The van der Waals surface area contributed by atoms with Crippen LogP contribution in [-0.4, -0.2) is 21.0 Å². The van der Waals surface area contributed by atoms with Gasteiger partial charge in [0, 0.05) is 12.3 Å². The number of pyridine rings is 1. The van der Waals surface area contributed by atoms with Gasteiger partial charge in [-0.05, 0) is 15.9 Å². The Hall–Kier alpha value is -1.43. The van der Waals surface area contributed by atoms with Crippen LogP contribution in [0.15, 0.2) is 16.9 Å². The lowest BCUT2D eigenvalue weighted by Gasteiger charge is -1.95. The molecule has 2 aromatic rings. The van der Waals surface area contributed by atoms with Crippen molar-refractivity contribution in [1.82, 2.24) is 9.97 Å². The molecule has 2 rings (SSSR count). The number of fused-ring (bicyclic) bond motifs is 1. The van der Waals surface area contributed by atoms with Crippen molar-refractivity contribution in [2.75, 3.05) is 0 Å². The topological polar surface area (TPSA) is 66.0 Å². The molecule has 4 nitrogen and oxygen atoms in total. The van der Waals surface area contributed by atoms with Gasteiger partial charge in [-0.15, -0.1) is 0 Å². The monoisotopic (exact) mass is 258 g/mol. The molecular formula is C8H4BrFN2O2. The van der Waals surface area contributed by atoms with Crippen LogP contribution in [0.3, 0.4) is 0 Å². The van der Waals surface area contributed by atoms with E-state index in [2.05, 4.69) is 25.9 Å². The SMILES string of the molecule is O=C(O)c1c[nH]c2nc(Br)cc(F)c12. The molecule has 0 radical (unpaired) electrons. The second-order valence-electron chi connectivity index (χ2n) is 2.66. The number of carboxylic acids is 1. The van der Waals surface area contributed by atoms with Crippen LogP contribution in [0.2, 0.25) is 0 Å². The number of nitrogens with one attached hydrogen (secondary N) is 1. The first-order valence-electron chi connectivity index (χ1n) is 3.66. The number of hydrogen-bond acceptors (Lipinski definition) is 2. The van der Waals surface area contributed by atoms with E-state index in [9.17, 15) is 9.18 Å². The number of halogens is 2. The summed E-state index contributed by atoms with van der Waals surface area (Å²) in [5.41, 5.74) is 0.103. The van der Waals surface area contributed by atoms with E-state index in [1.54, 1.807) is 0 Å². The van der Waals surface area contributed by atoms with Crippen LogP contribution in [0, 0.1) is 5.82 Å². The maximum Gasteiger partial charge on any atom is 0.338 e. The minimum absolute atomic E-state index is 0.000648. The first-order chi connectivity index (χ1) is 6.59. The summed E-state index contributed by atoms with van der Waals surface area (Å²) >= 11 is 3.01. The van der Waals surface area contributed by atoms with E-state index in [0.717, 1.165) is 6.07 Å². The molecule has 2 heterocycles. The molecule has 0 spiro atoms. The van der Waals surface area contributed by atoms with Gasteiger partial charge in [-0.1, -0.05) is 0 Å². The van der Waals surface area contributed by atoms with Gasteiger partial charge in [-0.3, -0.25) is 0 Å². The van der Waals surface area contributed by atoms with Gasteiger partial charge in [0.05, 0.1) is 10.9 Å². The molecule has 72 valence electrons. The van der Waals surface area contributed by atoms with E-state index in [-0.39, 0.29) is 16.6 Å². The molecule has 6 heteroatoms. The van der Waals surface area contributed by atoms with Crippen molar-refractivity contribution in [1.29, 1.82) is 0 Å². The van der Waals surface area contributed by atoms with Gasteiger partial charge in [-0.2, -0.15) is 0 Å². The molecule has 0 unspecified atom stereocenters. The Balaban J connectivity index is 2.85. The number of nitrogens with zero attached hydrogens (tertiary/aromatic N) is 1. The Morgan fingerprint density at radius 2 is 2.36 bits per heavy atom. The average Bonchev–Trinajstić information content (AvgIpc) is 2.47. The van der Waals surface area contributed by atoms with Crippen LogP contribution in [0.5, 0.6) is 0 Å². The van der Waals surface area contributed by atoms with Crippen LogP contribution >= 0.6 is 15.9 Å². The third kappa shape index (κ3) is 1.27. The molecule has 2 aromatic heterocycles. The molecule has 0 fully saturated rings. The molecule has 14 heavy (non-hydrogen) atoms. The fourth-order valence-electron chi connectivity index (χ4n) is 1.23. The maximum absolute atomic E-state index is 13.3. The van der Waals surface area contributed by atoms with Gasteiger partial charge in [0.25, 0.3) is 0 Å². The Labute approximate surface area is 85.9 Å². The maximum atomic E-state index is 13.3. The lowest BCUT2D eigenvalue weighted by atomic mass is 10.2. The van der Waals surface area contributed by atoms with Crippen LogP contribution in [-0.2, 0) is 0 Å². The molecule has 0 atom stereocenters. The summed E-state index contributed by atoms with van der Waals surface area (Å²) in [6.07, 6.45) is 1.22. The smallest absolute Gasteiger partial charge is 0.338 e. The number of aromatic nitrogens is 2. The zero-order valence-electron chi connectivity index (χ0n) is 6.71. The summed E-state index contributed by atoms with van der Waals surface area (Å²) in [4.78, 5) is 17.2. The van der Waals surface area contributed by atoms with E-state index in [1.165, 1.54) is 6.20 Å². The second kappa shape index (κ2) is 3.06. The minimum atomic E-state index is -1.18. The molecule has 0 aliphatic rings. The summed E-state index contributed by atoms with van der Waals surface area (Å²) in [5.74, 6) is -1.79. The highest BCUT2D eigenvalue weighted by Crippen LogP contribution is 2.22. The van der Waals surface area contributed by atoms with Crippen LogP contribution in [0.1, 0.15) is 10.4 Å². The van der Waals surface area contributed by atoms with Gasteiger partial charge in [0.1, 0.15) is 16.1 Å². The van der Waals surface area contributed by atoms with E-state index in [4.69, 9.17) is 5.11 Å².